The SMILES string of the molecule is CC1(C)C[C@@H](Oc2cncc(Nc3cc(OC(F)F)n[nH]3)n2)CCN1. The standard InChI is InChI=1S/C15H20F2N6O2/c1-15(2)6-9(3-4-19-15)24-13-8-18-7-11(21-13)20-10-5-12(23-22-10)25-14(16)17/h5,7-9,14,19H,3-4,6H2,1-2H3,(H2,20,21,22,23)/t9-/m0/s1. The number of alkyl halides is 2. The summed E-state index contributed by atoms with van der Waals surface area (Å²) in [6.45, 7) is 2.21. The number of piperidine rings is 1. The molecule has 8 nitrogen and oxygen atoms in total. The van der Waals surface area contributed by atoms with Gasteiger partial charge in [0.1, 0.15) is 11.9 Å². The predicted octanol–water partition coefficient (Wildman–Crippen LogP) is 2.45. The van der Waals surface area contributed by atoms with Gasteiger partial charge in [-0.25, -0.2) is 0 Å². The van der Waals surface area contributed by atoms with Gasteiger partial charge in [0.15, 0.2) is 5.82 Å². The molecule has 1 aliphatic heterocycles. The molecule has 0 bridgehead atoms. The van der Waals surface area contributed by atoms with Gasteiger partial charge in [-0.15, -0.1) is 5.10 Å². The van der Waals surface area contributed by atoms with Gasteiger partial charge in [-0.2, -0.15) is 13.8 Å². The Bertz CT molecular complexity index is 709. The maximum atomic E-state index is 12.1. The molecule has 2 aromatic rings. The molecular weight excluding hydrogens is 334 g/mol. The topological polar surface area (TPSA) is 97.0 Å². The fourth-order valence-corrected chi connectivity index (χ4v) is 2.71. The Hall–Kier alpha value is -2.49. The Balaban J connectivity index is 1.62. The first-order valence-electron chi connectivity index (χ1n) is 7.91. The van der Waals surface area contributed by atoms with Crippen LogP contribution in [-0.2, 0) is 0 Å². The minimum Gasteiger partial charge on any atom is -0.473 e. The summed E-state index contributed by atoms with van der Waals surface area (Å²) in [5.41, 5.74) is 0.0171. The van der Waals surface area contributed by atoms with Crippen molar-refractivity contribution in [2.75, 3.05) is 11.9 Å². The van der Waals surface area contributed by atoms with Crippen LogP contribution in [0.15, 0.2) is 18.5 Å². The lowest BCUT2D eigenvalue weighted by Gasteiger charge is -2.36. The van der Waals surface area contributed by atoms with E-state index in [4.69, 9.17) is 4.74 Å². The zero-order valence-corrected chi connectivity index (χ0v) is 13.9. The van der Waals surface area contributed by atoms with E-state index in [1.807, 2.05) is 0 Å². The summed E-state index contributed by atoms with van der Waals surface area (Å²) in [6, 6.07) is 1.30. The third kappa shape index (κ3) is 4.99. The third-order valence-electron chi connectivity index (χ3n) is 3.73. The van der Waals surface area contributed by atoms with Gasteiger partial charge in [0.05, 0.1) is 12.4 Å². The number of aromatic amines is 1. The second-order valence-electron chi connectivity index (χ2n) is 6.41. The number of ether oxygens (including phenoxy) is 2. The maximum absolute atomic E-state index is 12.1. The van der Waals surface area contributed by atoms with E-state index in [-0.39, 0.29) is 17.5 Å². The molecular formula is C15H20F2N6O2. The number of rotatable bonds is 6. The first-order chi connectivity index (χ1) is 11.9. The van der Waals surface area contributed by atoms with Crippen LogP contribution in [-0.4, -0.2) is 45.0 Å². The van der Waals surface area contributed by atoms with Crippen LogP contribution >= 0.6 is 0 Å². The Labute approximate surface area is 143 Å². The van der Waals surface area contributed by atoms with Crippen molar-refractivity contribution in [1.82, 2.24) is 25.5 Å². The monoisotopic (exact) mass is 354 g/mol. The van der Waals surface area contributed by atoms with E-state index < -0.39 is 6.61 Å². The fraction of sp³-hybridized carbons (Fsp3) is 0.533. The molecule has 10 heteroatoms. The van der Waals surface area contributed by atoms with Gasteiger partial charge < -0.3 is 20.1 Å². The molecule has 3 N–H and O–H groups in total. The Morgan fingerprint density at radius 1 is 1.32 bits per heavy atom. The fourth-order valence-electron chi connectivity index (χ4n) is 2.71. The molecule has 1 atom stereocenters. The van der Waals surface area contributed by atoms with Crippen molar-refractivity contribution in [3.63, 3.8) is 0 Å². The number of nitrogens with one attached hydrogen (secondary N) is 3. The van der Waals surface area contributed by atoms with Crippen LogP contribution in [0.25, 0.3) is 0 Å². The Morgan fingerprint density at radius 2 is 2.16 bits per heavy atom. The van der Waals surface area contributed by atoms with Crippen molar-refractivity contribution in [2.24, 2.45) is 0 Å². The number of nitrogens with zero attached hydrogens (tertiary/aromatic N) is 3. The van der Waals surface area contributed by atoms with Gasteiger partial charge in [-0.3, -0.25) is 10.1 Å². The third-order valence-corrected chi connectivity index (χ3v) is 3.73. The van der Waals surface area contributed by atoms with Crippen LogP contribution < -0.4 is 20.1 Å². The highest BCUT2D eigenvalue weighted by molar-refractivity contribution is 5.51. The van der Waals surface area contributed by atoms with Gasteiger partial charge in [0.2, 0.25) is 11.8 Å². The second kappa shape index (κ2) is 7.18. The number of hydrogen-bond acceptors (Lipinski definition) is 7. The van der Waals surface area contributed by atoms with E-state index in [0.29, 0.717) is 17.5 Å². The number of aromatic nitrogens is 4. The van der Waals surface area contributed by atoms with Crippen LogP contribution in [0.3, 0.4) is 0 Å². The summed E-state index contributed by atoms with van der Waals surface area (Å²) in [4.78, 5) is 8.41. The molecule has 0 unspecified atom stereocenters. The first-order valence-corrected chi connectivity index (χ1v) is 7.91. The molecule has 3 heterocycles. The summed E-state index contributed by atoms with van der Waals surface area (Å²) < 4.78 is 34.4. The van der Waals surface area contributed by atoms with Crippen LogP contribution in [0.4, 0.5) is 20.4 Å². The minimum atomic E-state index is -2.93. The van der Waals surface area contributed by atoms with Crippen molar-refractivity contribution in [1.29, 1.82) is 0 Å². The molecule has 1 saturated heterocycles. The summed E-state index contributed by atoms with van der Waals surface area (Å²) in [7, 11) is 0. The average molecular weight is 354 g/mol. The molecule has 25 heavy (non-hydrogen) atoms. The van der Waals surface area contributed by atoms with E-state index in [2.05, 4.69) is 49.4 Å². The smallest absolute Gasteiger partial charge is 0.388 e. The number of halogens is 2. The molecule has 2 aromatic heterocycles. The minimum absolute atomic E-state index is 0.0171. The van der Waals surface area contributed by atoms with Gasteiger partial charge in [0, 0.05) is 18.0 Å². The van der Waals surface area contributed by atoms with Crippen LogP contribution in [0.2, 0.25) is 0 Å². The van der Waals surface area contributed by atoms with Crippen molar-refractivity contribution in [3.05, 3.63) is 18.5 Å². The highest BCUT2D eigenvalue weighted by Gasteiger charge is 2.28. The normalized spacial score (nSPS) is 19.6. The van der Waals surface area contributed by atoms with Gasteiger partial charge in [-0.05, 0) is 26.8 Å². The molecule has 0 aromatic carbocycles. The molecule has 0 amide bonds. The molecule has 136 valence electrons. The first kappa shape index (κ1) is 17.3. The van der Waals surface area contributed by atoms with E-state index in [9.17, 15) is 8.78 Å². The van der Waals surface area contributed by atoms with Crippen LogP contribution in [0.5, 0.6) is 11.8 Å². The Morgan fingerprint density at radius 3 is 2.92 bits per heavy atom. The number of hydrogen-bond donors (Lipinski definition) is 3. The highest BCUT2D eigenvalue weighted by atomic mass is 19.3. The lowest BCUT2D eigenvalue weighted by molar-refractivity contribution is -0.0528. The average Bonchev–Trinajstić information content (AvgIpc) is 2.92. The molecule has 1 aliphatic rings. The maximum Gasteiger partial charge on any atom is 0.388 e. The van der Waals surface area contributed by atoms with Crippen LogP contribution in [0.1, 0.15) is 26.7 Å². The van der Waals surface area contributed by atoms with Crippen molar-refractivity contribution >= 4 is 11.6 Å². The van der Waals surface area contributed by atoms with E-state index in [0.717, 1.165) is 19.4 Å². The second-order valence-corrected chi connectivity index (χ2v) is 6.41. The van der Waals surface area contributed by atoms with Crippen molar-refractivity contribution in [2.45, 2.75) is 44.9 Å². The predicted molar refractivity (Wildman–Crippen MR) is 86.3 cm³/mol. The molecule has 0 spiro atoms. The van der Waals surface area contributed by atoms with E-state index >= 15 is 0 Å². The van der Waals surface area contributed by atoms with Crippen molar-refractivity contribution in [3.8, 4) is 11.8 Å². The Kier molecular flexibility index (Phi) is 4.98. The largest absolute Gasteiger partial charge is 0.473 e. The van der Waals surface area contributed by atoms with Gasteiger partial charge in [-0.1, -0.05) is 0 Å². The zero-order valence-electron chi connectivity index (χ0n) is 13.9. The summed E-state index contributed by atoms with van der Waals surface area (Å²) in [5, 5.41) is 12.5. The lowest BCUT2D eigenvalue weighted by atomic mass is 9.91. The van der Waals surface area contributed by atoms with E-state index in [1.54, 1.807) is 6.20 Å². The summed E-state index contributed by atoms with van der Waals surface area (Å²) in [6.07, 6.45) is 4.84. The molecule has 0 radical (unpaired) electrons. The van der Waals surface area contributed by atoms with Crippen LogP contribution in [0, 0.1) is 0 Å². The number of H-pyrrole nitrogens is 1. The van der Waals surface area contributed by atoms with E-state index in [1.165, 1.54) is 12.3 Å². The quantitative estimate of drug-likeness (QED) is 0.733. The van der Waals surface area contributed by atoms with Crippen molar-refractivity contribution < 1.29 is 18.3 Å². The highest BCUT2D eigenvalue weighted by Crippen LogP contribution is 2.24. The molecule has 0 aliphatic carbocycles. The molecule has 1 fully saturated rings. The molecule has 3 rings (SSSR count). The summed E-state index contributed by atoms with van der Waals surface area (Å²) >= 11 is 0. The lowest BCUT2D eigenvalue weighted by Crippen LogP contribution is -2.49. The summed E-state index contributed by atoms with van der Waals surface area (Å²) in [5.74, 6) is 0.939. The van der Waals surface area contributed by atoms with Gasteiger partial charge in [0.25, 0.3) is 0 Å². The molecule has 0 saturated carbocycles. The zero-order chi connectivity index (χ0) is 17.9. The number of anilines is 2. The van der Waals surface area contributed by atoms with Gasteiger partial charge >= 0.3 is 6.61 Å².